The van der Waals surface area contributed by atoms with E-state index in [0.29, 0.717) is 5.56 Å². The molecule has 0 unspecified atom stereocenters. The predicted octanol–water partition coefficient (Wildman–Crippen LogP) is 4.06. The number of aryl methyl sites for hydroxylation is 1. The Morgan fingerprint density at radius 3 is 2.32 bits per heavy atom. The molecule has 0 bridgehead atoms. The third kappa shape index (κ3) is 6.57. The number of amides is 1. The van der Waals surface area contributed by atoms with Crippen LogP contribution >= 0.6 is 0 Å². The van der Waals surface area contributed by atoms with Crippen LogP contribution in [0.2, 0.25) is 0 Å². The van der Waals surface area contributed by atoms with Crippen molar-refractivity contribution in [2.24, 2.45) is 0 Å². The van der Waals surface area contributed by atoms with Gasteiger partial charge in [-0.3, -0.25) is 14.4 Å². The van der Waals surface area contributed by atoms with Gasteiger partial charge in [0.05, 0.1) is 6.42 Å². The maximum Gasteiger partial charge on any atom is 0.306 e. The molecule has 0 aromatic heterocycles. The summed E-state index contributed by atoms with van der Waals surface area (Å²) < 4.78 is 30.7. The van der Waals surface area contributed by atoms with E-state index in [4.69, 9.17) is 4.74 Å². The lowest BCUT2D eigenvalue weighted by molar-refractivity contribution is -0.147. The zero-order valence-corrected chi connectivity index (χ0v) is 15.5. The van der Waals surface area contributed by atoms with E-state index in [0.717, 1.165) is 30.5 Å². The lowest BCUT2D eigenvalue weighted by Crippen LogP contribution is -2.21. The lowest BCUT2D eigenvalue weighted by Gasteiger charge is -2.07. The molecule has 1 N–H and O–H groups in total. The molecule has 7 heteroatoms. The van der Waals surface area contributed by atoms with E-state index in [9.17, 15) is 23.2 Å². The van der Waals surface area contributed by atoms with E-state index < -0.39 is 30.1 Å². The van der Waals surface area contributed by atoms with Crippen molar-refractivity contribution in [2.75, 3.05) is 11.9 Å². The van der Waals surface area contributed by atoms with E-state index in [2.05, 4.69) is 12.2 Å². The normalized spacial score (nSPS) is 10.4. The molecule has 148 valence electrons. The Kier molecular flexibility index (Phi) is 7.80. The highest BCUT2D eigenvalue weighted by atomic mass is 19.2. The highest BCUT2D eigenvalue weighted by Gasteiger charge is 2.13. The molecule has 0 spiro atoms. The Labute approximate surface area is 161 Å². The second-order valence-corrected chi connectivity index (χ2v) is 6.21. The van der Waals surface area contributed by atoms with Crippen molar-refractivity contribution in [3.63, 3.8) is 0 Å². The average Bonchev–Trinajstić information content (AvgIpc) is 2.68. The summed E-state index contributed by atoms with van der Waals surface area (Å²) in [7, 11) is 0. The minimum Gasteiger partial charge on any atom is -0.456 e. The maximum absolute atomic E-state index is 13.1. The number of benzene rings is 2. The van der Waals surface area contributed by atoms with Gasteiger partial charge in [-0.05, 0) is 24.1 Å². The number of esters is 1. The van der Waals surface area contributed by atoms with Crippen LogP contribution in [0, 0.1) is 11.6 Å². The fourth-order valence-electron chi connectivity index (χ4n) is 2.50. The molecular formula is C21H21F2NO4. The summed E-state index contributed by atoms with van der Waals surface area (Å²) in [5.41, 5.74) is 1.70. The van der Waals surface area contributed by atoms with Crippen LogP contribution in [-0.4, -0.2) is 24.3 Å². The van der Waals surface area contributed by atoms with E-state index in [1.54, 1.807) is 12.1 Å². The van der Waals surface area contributed by atoms with Gasteiger partial charge in [-0.15, -0.1) is 0 Å². The summed E-state index contributed by atoms with van der Waals surface area (Å²) in [5, 5.41) is 2.28. The zero-order chi connectivity index (χ0) is 20.5. The first-order valence-corrected chi connectivity index (χ1v) is 8.91. The summed E-state index contributed by atoms with van der Waals surface area (Å²) in [6.45, 7) is 1.49. The van der Waals surface area contributed by atoms with Crippen LogP contribution in [0.5, 0.6) is 0 Å². The summed E-state index contributed by atoms with van der Waals surface area (Å²) >= 11 is 0. The number of anilines is 1. The van der Waals surface area contributed by atoms with Crippen LogP contribution in [0.3, 0.4) is 0 Å². The SMILES string of the molecule is CCCc1ccc(C(=O)CCC(=O)OCC(=O)Nc2ccc(F)c(F)c2)cc1. The van der Waals surface area contributed by atoms with Crippen LogP contribution in [0.4, 0.5) is 14.5 Å². The Hall–Kier alpha value is -3.09. The van der Waals surface area contributed by atoms with Crippen molar-refractivity contribution < 1.29 is 27.9 Å². The molecule has 0 radical (unpaired) electrons. The minimum absolute atomic E-state index is 0.0310. The number of rotatable bonds is 9. The Morgan fingerprint density at radius 1 is 0.964 bits per heavy atom. The number of Topliss-reactive ketones (excluding diaryl/α,β-unsaturated/α-hetero) is 1. The molecule has 0 saturated carbocycles. The van der Waals surface area contributed by atoms with Gasteiger partial charge in [0, 0.05) is 23.7 Å². The van der Waals surface area contributed by atoms with Crippen LogP contribution in [0.15, 0.2) is 42.5 Å². The number of ketones is 1. The summed E-state index contributed by atoms with van der Waals surface area (Å²) in [6.07, 6.45) is 1.76. The van der Waals surface area contributed by atoms with Gasteiger partial charge in [0.25, 0.3) is 5.91 Å². The molecule has 2 rings (SSSR count). The smallest absolute Gasteiger partial charge is 0.306 e. The number of nitrogens with one attached hydrogen (secondary N) is 1. The number of ether oxygens (including phenoxy) is 1. The molecule has 0 aliphatic carbocycles. The molecule has 0 atom stereocenters. The van der Waals surface area contributed by atoms with Crippen molar-refractivity contribution in [1.82, 2.24) is 0 Å². The van der Waals surface area contributed by atoms with E-state index in [1.165, 1.54) is 6.07 Å². The second-order valence-electron chi connectivity index (χ2n) is 6.21. The first-order chi connectivity index (χ1) is 13.4. The third-order valence-electron chi connectivity index (χ3n) is 3.94. The number of hydrogen-bond acceptors (Lipinski definition) is 4. The standard InChI is InChI=1S/C21H21F2NO4/c1-2-3-14-4-6-15(7-5-14)19(25)10-11-21(27)28-13-20(26)24-16-8-9-17(22)18(23)12-16/h4-9,12H,2-3,10-11,13H2,1H3,(H,24,26). The first kappa shape index (κ1) is 21.2. The number of hydrogen-bond donors (Lipinski definition) is 1. The van der Waals surface area contributed by atoms with Gasteiger partial charge in [-0.1, -0.05) is 37.6 Å². The monoisotopic (exact) mass is 389 g/mol. The highest BCUT2D eigenvalue weighted by Crippen LogP contribution is 2.13. The molecular weight excluding hydrogens is 368 g/mol. The first-order valence-electron chi connectivity index (χ1n) is 8.91. The summed E-state index contributed by atoms with van der Waals surface area (Å²) in [5.74, 6) is -3.72. The lowest BCUT2D eigenvalue weighted by atomic mass is 10.0. The number of carbonyl (C=O) groups is 3. The third-order valence-corrected chi connectivity index (χ3v) is 3.94. The second kappa shape index (κ2) is 10.3. The molecule has 0 heterocycles. The highest BCUT2D eigenvalue weighted by molar-refractivity contribution is 5.98. The van der Waals surface area contributed by atoms with E-state index in [1.807, 2.05) is 12.1 Å². The number of carbonyl (C=O) groups excluding carboxylic acids is 3. The van der Waals surface area contributed by atoms with Crippen molar-refractivity contribution in [3.8, 4) is 0 Å². The maximum atomic E-state index is 13.1. The summed E-state index contributed by atoms with van der Waals surface area (Å²) in [6, 6.07) is 10.1. The van der Waals surface area contributed by atoms with Crippen molar-refractivity contribution in [1.29, 1.82) is 0 Å². The van der Waals surface area contributed by atoms with Gasteiger partial charge in [-0.25, -0.2) is 8.78 Å². The molecule has 0 saturated heterocycles. The minimum atomic E-state index is -1.10. The zero-order valence-electron chi connectivity index (χ0n) is 15.5. The predicted molar refractivity (Wildman–Crippen MR) is 99.9 cm³/mol. The van der Waals surface area contributed by atoms with Crippen LogP contribution in [0.25, 0.3) is 0 Å². The molecule has 2 aromatic rings. The van der Waals surface area contributed by atoms with Crippen molar-refractivity contribution in [2.45, 2.75) is 32.6 Å². The Bertz CT molecular complexity index is 850. The summed E-state index contributed by atoms with van der Waals surface area (Å²) in [4.78, 5) is 35.5. The quantitative estimate of drug-likeness (QED) is 0.519. The topological polar surface area (TPSA) is 72.5 Å². The van der Waals surface area contributed by atoms with Crippen molar-refractivity contribution in [3.05, 3.63) is 65.2 Å². The van der Waals surface area contributed by atoms with Crippen molar-refractivity contribution >= 4 is 23.3 Å². The molecule has 0 aliphatic heterocycles. The van der Waals surface area contributed by atoms with Gasteiger partial charge in [0.1, 0.15) is 0 Å². The van der Waals surface area contributed by atoms with Crippen LogP contribution in [-0.2, 0) is 20.7 Å². The van der Waals surface area contributed by atoms with E-state index >= 15 is 0 Å². The molecule has 5 nitrogen and oxygen atoms in total. The molecule has 1 amide bonds. The molecule has 0 fully saturated rings. The van der Waals surface area contributed by atoms with Gasteiger partial charge in [0.2, 0.25) is 0 Å². The number of halogens is 2. The van der Waals surface area contributed by atoms with Gasteiger partial charge >= 0.3 is 5.97 Å². The average molecular weight is 389 g/mol. The van der Waals surface area contributed by atoms with Crippen LogP contribution in [0.1, 0.15) is 42.1 Å². The largest absolute Gasteiger partial charge is 0.456 e. The van der Waals surface area contributed by atoms with Crippen LogP contribution < -0.4 is 5.32 Å². The van der Waals surface area contributed by atoms with Gasteiger partial charge in [-0.2, -0.15) is 0 Å². The Morgan fingerprint density at radius 2 is 1.68 bits per heavy atom. The fraction of sp³-hybridized carbons (Fsp3) is 0.286. The molecule has 0 aliphatic rings. The van der Waals surface area contributed by atoms with Gasteiger partial charge in [0.15, 0.2) is 24.0 Å². The molecule has 28 heavy (non-hydrogen) atoms. The van der Waals surface area contributed by atoms with E-state index in [-0.39, 0.29) is 24.3 Å². The molecule has 2 aromatic carbocycles. The van der Waals surface area contributed by atoms with Gasteiger partial charge < -0.3 is 10.1 Å². The Balaban J connectivity index is 1.73. The fourth-order valence-corrected chi connectivity index (χ4v) is 2.50.